The Morgan fingerprint density at radius 1 is 1.10 bits per heavy atom. The van der Waals surface area contributed by atoms with Crippen LogP contribution in [0.5, 0.6) is 0 Å². The maximum atomic E-state index is 12.4. The van der Waals surface area contributed by atoms with Gasteiger partial charge in [-0.25, -0.2) is 0 Å². The van der Waals surface area contributed by atoms with Crippen LogP contribution in [0.1, 0.15) is 22.0 Å². The molecule has 2 aromatic carbocycles. The Morgan fingerprint density at radius 3 is 2.29 bits per heavy atom. The van der Waals surface area contributed by atoms with Crippen LogP contribution in [0.15, 0.2) is 54.6 Å². The highest BCUT2D eigenvalue weighted by Gasteiger charge is 2.16. The van der Waals surface area contributed by atoms with Gasteiger partial charge in [0.05, 0.1) is 6.04 Å². The van der Waals surface area contributed by atoms with E-state index in [9.17, 15) is 4.79 Å². The van der Waals surface area contributed by atoms with Crippen molar-refractivity contribution in [2.45, 2.75) is 6.04 Å². The number of carbonyl (C=O) groups is 1. The Hall–Kier alpha value is -2.33. The van der Waals surface area contributed by atoms with Crippen LogP contribution < -0.4 is 11.1 Å². The molecule has 0 radical (unpaired) electrons. The molecule has 0 aromatic heterocycles. The summed E-state index contributed by atoms with van der Waals surface area (Å²) in [7, 11) is 3.98. The highest BCUT2D eigenvalue weighted by molar-refractivity contribution is 5.94. The Morgan fingerprint density at radius 2 is 1.71 bits per heavy atom. The number of nitrogens with zero attached hydrogens (tertiary/aromatic N) is 1. The van der Waals surface area contributed by atoms with Crippen molar-refractivity contribution in [3.05, 3.63) is 65.7 Å². The molecule has 1 unspecified atom stereocenters. The second-order valence-electron chi connectivity index (χ2n) is 5.32. The summed E-state index contributed by atoms with van der Waals surface area (Å²) in [6.07, 6.45) is 0. The van der Waals surface area contributed by atoms with Crippen molar-refractivity contribution in [2.75, 3.05) is 26.4 Å². The lowest BCUT2D eigenvalue weighted by Gasteiger charge is -2.23. The average molecular weight is 283 g/mol. The number of likely N-dealkylation sites (N-methyl/N-ethyl adjacent to an activating group) is 1. The maximum Gasteiger partial charge on any atom is 0.251 e. The first kappa shape index (κ1) is 15.1. The zero-order valence-electron chi connectivity index (χ0n) is 12.4. The summed E-state index contributed by atoms with van der Waals surface area (Å²) < 4.78 is 0. The van der Waals surface area contributed by atoms with Gasteiger partial charge in [-0.05, 0) is 43.9 Å². The highest BCUT2D eigenvalue weighted by Crippen LogP contribution is 2.15. The molecule has 0 aliphatic rings. The second kappa shape index (κ2) is 6.90. The first-order valence-electron chi connectivity index (χ1n) is 6.92. The minimum absolute atomic E-state index is 0.0498. The van der Waals surface area contributed by atoms with E-state index in [-0.39, 0.29) is 11.9 Å². The molecule has 21 heavy (non-hydrogen) atoms. The Balaban J connectivity index is 2.15. The first-order valence-corrected chi connectivity index (χ1v) is 6.92. The van der Waals surface area contributed by atoms with Crippen LogP contribution in [0.2, 0.25) is 0 Å². The molecule has 0 aliphatic carbocycles. The number of carbonyl (C=O) groups excluding carboxylic acids is 1. The van der Waals surface area contributed by atoms with Gasteiger partial charge in [-0.3, -0.25) is 4.79 Å². The van der Waals surface area contributed by atoms with Crippen molar-refractivity contribution in [1.82, 2.24) is 10.2 Å². The molecule has 2 rings (SSSR count). The first-order chi connectivity index (χ1) is 10.1. The fourth-order valence-corrected chi connectivity index (χ4v) is 2.16. The third-order valence-corrected chi connectivity index (χ3v) is 3.23. The lowest BCUT2D eigenvalue weighted by Crippen LogP contribution is -2.35. The maximum absolute atomic E-state index is 12.4. The molecule has 0 saturated carbocycles. The predicted octanol–water partition coefficient (Wildman–Crippen LogP) is 2.30. The van der Waals surface area contributed by atoms with Gasteiger partial charge in [-0.15, -0.1) is 0 Å². The number of nitrogens with two attached hydrogens (primary N) is 1. The fourth-order valence-electron chi connectivity index (χ4n) is 2.16. The molecular weight excluding hydrogens is 262 g/mol. The van der Waals surface area contributed by atoms with E-state index in [1.54, 1.807) is 24.3 Å². The summed E-state index contributed by atoms with van der Waals surface area (Å²) in [5, 5.41) is 3.08. The number of nitrogen functional groups attached to an aromatic ring is 1. The van der Waals surface area contributed by atoms with Crippen molar-refractivity contribution in [3.63, 3.8) is 0 Å². The molecule has 0 aliphatic heterocycles. The van der Waals surface area contributed by atoms with Crippen molar-refractivity contribution in [1.29, 1.82) is 0 Å². The average Bonchev–Trinajstić information content (AvgIpc) is 2.47. The fraction of sp³-hybridized carbons (Fsp3) is 0.235. The van der Waals surface area contributed by atoms with Crippen LogP contribution in [0.25, 0.3) is 0 Å². The summed E-state index contributed by atoms with van der Waals surface area (Å²) in [6.45, 7) is 0.741. The van der Waals surface area contributed by atoms with E-state index in [1.165, 1.54) is 0 Å². The minimum atomic E-state index is -0.0919. The predicted molar refractivity (Wildman–Crippen MR) is 86.1 cm³/mol. The zero-order chi connectivity index (χ0) is 15.2. The van der Waals surface area contributed by atoms with Crippen LogP contribution >= 0.6 is 0 Å². The van der Waals surface area contributed by atoms with Gasteiger partial charge in [0.1, 0.15) is 0 Å². The van der Waals surface area contributed by atoms with Gasteiger partial charge in [0.2, 0.25) is 0 Å². The molecule has 110 valence electrons. The quantitative estimate of drug-likeness (QED) is 0.828. The number of anilines is 1. The Kier molecular flexibility index (Phi) is 4.95. The van der Waals surface area contributed by atoms with Gasteiger partial charge >= 0.3 is 0 Å². The number of nitrogens with one attached hydrogen (secondary N) is 1. The SMILES string of the molecule is CN(C)CC(NC(=O)c1ccc(N)cc1)c1ccccc1. The van der Waals surface area contributed by atoms with Gasteiger partial charge in [0, 0.05) is 17.8 Å². The van der Waals surface area contributed by atoms with Gasteiger partial charge in [0.15, 0.2) is 0 Å². The van der Waals surface area contributed by atoms with Crippen molar-refractivity contribution < 1.29 is 4.79 Å². The van der Waals surface area contributed by atoms with Crippen molar-refractivity contribution in [2.24, 2.45) is 0 Å². The minimum Gasteiger partial charge on any atom is -0.399 e. The molecule has 0 heterocycles. The van der Waals surface area contributed by atoms with E-state index in [1.807, 2.05) is 44.4 Å². The number of rotatable bonds is 5. The number of hydrogen-bond donors (Lipinski definition) is 2. The molecule has 0 bridgehead atoms. The van der Waals surface area contributed by atoms with Crippen LogP contribution in [0.4, 0.5) is 5.69 Å². The van der Waals surface area contributed by atoms with Crippen molar-refractivity contribution >= 4 is 11.6 Å². The lowest BCUT2D eigenvalue weighted by molar-refractivity contribution is 0.0930. The highest BCUT2D eigenvalue weighted by atomic mass is 16.1. The normalized spacial score (nSPS) is 12.1. The molecule has 0 saturated heterocycles. The number of hydrogen-bond acceptors (Lipinski definition) is 3. The topological polar surface area (TPSA) is 58.4 Å². The summed E-state index contributed by atoms with van der Waals surface area (Å²) in [4.78, 5) is 14.4. The molecule has 4 heteroatoms. The van der Waals surface area contributed by atoms with Crippen molar-refractivity contribution in [3.8, 4) is 0 Å². The Labute approximate surface area is 125 Å². The van der Waals surface area contributed by atoms with Crippen LogP contribution in [-0.4, -0.2) is 31.4 Å². The molecule has 0 fully saturated rings. The summed E-state index contributed by atoms with van der Waals surface area (Å²) >= 11 is 0. The third-order valence-electron chi connectivity index (χ3n) is 3.23. The van der Waals surface area contributed by atoms with Crippen LogP contribution in [0.3, 0.4) is 0 Å². The molecule has 0 spiro atoms. The summed E-state index contributed by atoms with van der Waals surface area (Å²) in [5.41, 5.74) is 8.01. The van der Waals surface area contributed by atoms with Crippen LogP contribution in [-0.2, 0) is 0 Å². The smallest absolute Gasteiger partial charge is 0.251 e. The van der Waals surface area contributed by atoms with E-state index >= 15 is 0 Å². The van der Waals surface area contributed by atoms with E-state index in [0.717, 1.165) is 12.1 Å². The summed E-state index contributed by atoms with van der Waals surface area (Å²) in [5.74, 6) is -0.0919. The third kappa shape index (κ3) is 4.33. The molecule has 3 N–H and O–H groups in total. The molecule has 1 atom stereocenters. The standard InChI is InChI=1S/C17H21N3O/c1-20(2)12-16(13-6-4-3-5-7-13)19-17(21)14-8-10-15(18)11-9-14/h3-11,16H,12,18H2,1-2H3,(H,19,21). The number of amides is 1. The summed E-state index contributed by atoms with van der Waals surface area (Å²) in [6, 6.07) is 16.9. The van der Waals surface area contributed by atoms with E-state index in [2.05, 4.69) is 10.2 Å². The second-order valence-corrected chi connectivity index (χ2v) is 5.32. The largest absolute Gasteiger partial charge is 0.399 e. The van der Waals surface area contributed by atoms with E-state index < -0.39 is 0 Å². The zero-order valence-corrected chi connectivity index (χ0v) is 12.4. The monoisotopic (exact) mass is 283 g/mol. The lowest BCUT2D eigenvalue weighted by atomic mass is 10.1. The van der Waals surface area contributed by atoms with Crippen LogP contribution in [0, 0.1) is 0 Å². The Bertz CT molecular complexity index is 579. The number of benzene rings is 2. The van der Waals surface area contributed by atoms with Gasteiger partial charge in [-0.2, -0.15) is 0 Å². The molecular formula is C17H21N3O. The van der Waals surface area contributed by atoms with Gasteiger partial charge < -0.3 is 16.0 Å². The van der Waals surface area contributed by atoms with E-state index in [4.69, 9.17) is 5.73 Å². The molecule has 1 amide bonds. The van der Waals surface area contributed by atoms with E-state index in [0.29, 0.717) is 11.3 Å². The van der Waals surface area contributed by atoms with Gasteiger partial charge in [0.25, 0.3) is 5.91 Å². The molecule has 4 nitrogen and oxygen atoms in total. The molecule has 2 aromatic rings. The van der Waals surface area contributed by atoms with Gasteiger partial charge in [-0.1, -0.05) is 30.3 Å².